The summed E-state index contributed by atoms with van der Waals surface area (Å²) in [5.74, 6) is 1.05. The quantitative estimate of drug-likeness (QED) is 0.0692. The summed E-state index contributed by atoms with van der Waals surface area (Å²) in [5.41, 5.74) is 0. The van der Waals surface area contributed by atoms with E-state index in [1.807, 2.05) is 18.2 Å². The molecule has 1 amide bonds. The number of carbonyl (C=O) groups excluding carboxylic acids is 1. The molecule has 1 aromatic rings. The number of pyridine rings is 1. The average Bonchev–Trinajstić information content (AvgIpc) is 2.97. The molecule has 1 heterocycles. The monoisotopic (exact) mass is 854 g/mol. The summed E-state index contributed by atoms with van der Waals surface area (Å²) < 4.78 is 4.26. The summed E-state index contributed by atoms with van der Waals surface area (Å²) in [6.45, 7) is 6.88. The van der Waals surface area contributed by atoms with E-state index in [0.717, 1.165) is 36.2 Å². The summed E-state index contributed by atoms with van der Waals surface area (Å²) >= 11 is 0. The Balaban J connectivity index is -0.00000645. The van der Waals surface area contributed by atoms with Gasteiger partial charge in [-0.1, -0.05) is 122 Å². The minimum absolute atomic E-state index is 0. The number of unbranched alkanes of at least 4 members (excludes halogenated alkanes) is 20. The zero-order valence-corrected chi connectivity index (χ0v) is 36.5. The van der Waals surface area contributed by atoms with Crippen LogP contribution in [-0.4, -0.2) is 69.7 Å². The molecule has 8 heteroatoms. The van der Waals surface area contributed by atoms with E-state index in [2.05, 4.69) is 58.2 Å². The zero-order chi connectivity index (χ0) is 32.4. The van der Waals surface area contributed by atoms with Gasteiger partial charge < -0.3 is 59.9 Å². The Morgan fingerprint density at radius 1 is 0.574 bits per heavy atom. The molecule has 280 valence electrons. The highest BCUT2D eigenvalue weighted by molar-refractivity contribution is 5.88. The fourth-order valence-corrected chi connectivity index (χ4v) is 6.13. The van der Waals surface area contributed by atoms with Crippen LogP contribution in [0.2, 0.25) is 0 Å². The number of anilines is 1. The molecule has 0 aliphatic rings. The lowest BCUT2D eigenvalue weighted by atomic mass is 10.0. The molecule has 0 bridgehead atoms. The van der Waals surface area contributed by atoms with Crippen molar-refractivity contribution in [2.24, 2.45) is 0 Å². The number of carbonyl (C=O) groups is 1. The third-order valence-electron chi connectivity index (χ3n) is 9.25. The van der Waals surface area contributed by atoms with E-state index in [9.17, 15) is 4.79 Å². The van der Waals surface area contributed by atoms with Crippen molar-refractivity contribution in [1.82, 2.24) is 0 Å². The van der Waals surface area contributed by atoms with Crippen molar-refractivity contribution >= 4 is 11.7 Å². The molecule has 0 unspecified atom stereocenters. The van der Waals surface area contributed by atoms with Gasteiger partial charge in [0.15, 0.2) is 0 Å². The van der Waals surface area contributed by atoms with Gasteiger partial charge in [-0.05, 0) is 38.2 Å². The summed E-state index contributed by atoms with van der Waals surface area (Å²) in [4.78, 5) is 12.5. The van der Waals surface area contributed by atoms with Gasteiger partial charge in [-0.3, -0.25) is 0 Å². The van der Waals surface area contributed by atoms with Crippen LogP contribution in [0.1, 0.15) is 155 Å². The highest BCUT2D eigenvalue weighted by Gasteiger charge is 2.16. The Morgan fingerprint density at radius 2 is 0.979 bits per heavy atom. The zero-order valence-electron chi connectivity index (χ0n) is 31.8. The smallest absolute Gasteiger partial charge is 0.307 e. The Hall–Kier alpha value is -0.0200. The first-order valence-corrected chi connectivity index (χ1v) is 19.0. The summed E-state index contributed by atoms with van der Waals surface area (Å²) in [6.07, 6.45) is 33.0. The average molecular weight is 858 g/mol. The maximum atomic E-state index is 12.5. The third kappa shape index (κ3) is 32.9. The van der Waals surface area contributed by atoms with E-state index in [1.165, 1.54) is 146 Å². The van der Waals surface area contributed by atoms with Gasteiger partial charge >= 0.3 is 5.91 Å². The first-order valence-electron chi connectivity index (χ1n) is 19.0. The van der Waals surface area contributed by atoms with Crippen LogP contribution in [0.15, 0.2) is 24.4 Å². The van der Waals surface area contributed by atoms with Gasteiger partial charge in [-0.2, -0.15) is 0 Å². The van der Waals surface area contributed by atoms with E-state index in [4.69, 9.17) is 0 Å². The lowest BCUT2D eigenvalue weighted by Gasteiger charge is -2.30. The van der Waals surface area contributed by atoms with Crippen LogP contribution >= 0.6 is 0 Å². The number of likely N-dealkylation sites (N-methyl/N-ethyl adjacent to an activating group) is 1. The van der Waals surface area contributed by atoms with Crippen LogP contribution in [0.5, 0.6) is 0 Å². The topological polar surface area (TPSA) is 33.0 Å². The summed E-state index contributed by atoms with van der Waals surface area (Å²) in [5, 5.41) is 3.14. The number of nitrogens with zero attached hydrogens (tertiary/aromatic N) is 3. The second-order valence-electron chi connectivity index (χ2n) is 15.4. The molecular formula is C39H77Br3N4O. The van der Waals surface area contributed by atoms with E-state index in [1.54, 1.807) is 0 Å². The van der Waals surface area contributed by atoms with E-state index in [-0.39, 0.29) is 56.9 Å². The van der Waals surface area contributed by atoms with E-state index >= 15 is 0 Å². The molecule has 1 N–H and O–H groups in total. The van der Waals surface area contributed by atoms with Crippen molar-refractivity contribution in [3.63, 3.8) is 0 Å². The fourth-order valence-electron chi connectivity index (χ4n) is 6.13. The molecule has 0 atom stereocenters. The third-order valence-corrected chi connectivity index (χ3v) is 9.25. The highest BCUT2D eigenvalue weighted by atomic mass is 79.9. The summed E-state index contributed by atoms with van der Waals surface area (Å²) in [7, 11) is 11.5. The fraction of sp³-hybridized carbons (Fsp3) is 0.846. The maximum absolute atomic E-state index is 12.5. The number of hydrogen-bond acceptors (Lipinski definition) is 1. The molecule has 5 nitrogen and oxygen atoms in total. The van der Waals surface area contributed by atoms with Crippen LogP contribution in [0.3, 0.4) is 0 Å². The molecule has 0 aromatic carbocycles. The number of amides is 1. The van der Waals surface area contributed by atoms with Gasteiger partial charge in [0.1, 0.15) is 13.1 Å². The number of nitrogens with one attached hydrogen (secondary N) is 1. The van der Waals surface area contributed by atoms with Crippen LogP contribution < -0.4 is 60.8 Å². The standard InChI is InChI=1S/C39H76N4O.3BrH/c1-7-8-9-10-11-12-13-14-15-16-18-21-24-29-35-43(5,6)36-30-25-22-19-17-20-23-26-32-39(44)40-38-31-27-28-33-41(38)34-37-42(2,3)4;;;/h27-28,31,33H,7-26,29-30,32,34-37H2,1-6H3;3*1H/q+2;;;/p-2. The number of halogens is 3. The molecule has 0 fully saturated rings. The van der Waals surface area contributed by atoms with Crippen molar-refractivity contribution < 1.29 is 69.3 Å². The Labute approximate surface area is 324 Å². The SMILES string of the molecule is CCCCCCCCCCCCCCCC[N+](C)(C)CCCCCCCCCCC(=O)Nc1cccc[n+]1CC[N+](C)(C)C.[Br-].[Br-].[Br-]. The second-order valence-corrected chi connectivity index (χ2v) is 15.4. The van der Waals surface area contributed by atoms with Gasteiger partial charge in [-0.15, -0.1) is 0 Å². The molecule has 1 aromatic heterocycles. The lowest BCUT2D eigenvalue weighted by Crippen LogP contribution is -3.00. The Morgan fingerprint density at radius 3 is 1.40 bits per heavy atom. The highest BCUT2D eigenvalue weighted by Crippen LogP contribution is 2.15. The van der Waals surface area contributed by atoms with Crippen molar-refractivity contribution in [1.29, 1.82) is 0 Å². The second kappa shape index (κ2) is 33.1. The normalized spacial score (nSPS) is 11.4. The van der Waals surface area contributed by atoms with Gasteiger partial charge in [0.25, 0.3) is 5.82 Å². The maximum Gasteiger partial charge on any atom is 0.307 e. The van der Waals surface area contributed by atoms with Crippen LogP contribution in [-0.2, 0) is 11.3 Å². The largest absolute Gasteiger partial charge is 1.00 e. The number of aromatic nitrogens is 1. The first-order chi connectivity index (χ1) is 21.1. The van der Waals surface area contributed by atoms with E-state index in [0.29, 0.717) is 6.42 Å². The lowest BCUT2D eigenvalue weighted by molar-refractivity contribution is -0.891. The van der Waals surface area contributed by atoms with Gasteiger partial charge in [0, 0.05) is 12.5 Å². The van der Waals surface area contributed by atoms with Crippen molar-refractivity contribution in [3.05, 3.63) is 24.4 Å². The molecule has 47 heavy (non-hydrogen) atoms. The predicted molar refractivity (Wildman–Crippen MR) is 192 cm³/mol. The molecule has 1 rings (SSSR count). The van der Waals surface area contributed by atoms with Crippen LogP contribution in [0.4, 0.5) is 5.82 Å². The van der Waals surface area contributed by atoms with Gasteiger partial charge in [0.05, 0.1) is 54.5 Å². The molecule has 0 spiro atoms. The Bertz CT molecular complexity index is 833. The van der Waals surface area contributed by atoms with Crippen LogP contribution in [0.25, 0.3) is 0 Å². The minimum atomic E-state index is 0. The molecule has 0 aliphatic heterocycles. The summed E-state index contributed by atoms with van der Waals surface area (Å²) in [6, 6.07) is 6.04. The first kappa shape index (κ1) is 51.4. The minimum Gasteiger partial charge on any atom is -1.00 e. The molecule has 0 aliphatic carbocycles. The van der Waals surface area contributed by atoms with Crippen LogP contribution in [0, 0.1) is 0 Å². The number of hydrogen-bond donors (Lipinski definition) is 1. The molecule has 0 saturated carbocycles. The number of rotatable bonds is 30. The molecular weight excluding hydrogens is 780 g/mol. The Kier molecular flexibility index (Phi) is 36.2. The number of quaternary nitrogens is 2. The molecule has 0 radical (unpaired) electrons. The predicted octanol–water partition coefficient (Wildman–Crippen LogP) is 0.699. The van der Waals surface area contributed by atoms with Crippen molar-refractivity contribution in [2.75, 3.05) is 60.2 Å². The van der Waals surface area contributed by atoms with Gasteiger partial charge in [0.2, 0.25) is 0 Å². The van der Waals surface area contributed by atoms with Crippen molar-refractivity contribution in [2.45, 2.75) is 161 Å². The van der Waals surface area contributed by atoms with Crippen molar-refractivity contribution in [3.8, 4) is 0 Å². The molecule has 0 saturated heterocycles. The van der Waals surface area contributed by atoms with Gasteiger partial charge in [-0.25, -0.2) is 14.7 Å². The van der Waals surface area contributed by atoms with E-state index < -0.39 is 0 Å².